The highest BCUT2D eigenvalue weighted by molar-refractivity contribution is 7.91. The minimum atomic E-state index is -3.67. The van der Waals surface area contributed by atoms with Gasteiger partial charge in [-0.15, -0.1) is 0 Å². The average Bonchev–Trinajstić information content (AvgIpc) is 2.35. The lowest BCUT2D eigenvalue weighted by molar-refractivity contribution is 0.480. The second-order valence-corrected chi connectivity index (χ2v) is 8.81. The van der Waals surface area contributed by atoms with Gasteiger partial charge in [-0.2, -0.15) is 0 Å². The van der Waals surface area contributed by atoms with Crippen LogP contribution in [0.4, 0.5) is 0 Å². The molecule has 0 aromatic heterocycles. The molecule has 3 N–H and O–H groups in total. The van der Waals surface area contributed by atoms with Gasteiger partial charge in [0.25, 0.3) is 0 Å². The van der Waals surface area contributed by atoms with E-state index in [1.54, 1.807) is 12.1 Å². The van der Waals surface area contributed by atoms with E-state index >= 15 is 0 Å². The van der Waals surface area contributed by atoms with Crippen molar-refractivity contribution in [2.45, 2.75) is 30.3 Å². The summed E-state index contributed by atoms with van der Waals surface area (Å²) in [7, 11) is -6.59. The largest absolute Gasteiger partial charge is 0.309 e. The van der Waals surface area contributed by atoms with E-state index in [9.17, 15) is 16.8 Å². The van der Waals surface area contributed by atoms with Gasteiger partial charge in [-0.1, -0.05) is 12.1 Å². The molecule has 0 spiro atoms. The van der Waals surface area contributed by atoms with Crippen LogP contribution in [0.3, 0.4) is 0 Å². The minimum Gasteiger partial charge on any atom is -0.309 e. The topological polar surface area (TPSA) is 106 Å². The maximum Gasteiger partial charge on any atom is 0.238 e. The Balaban J connectivity index is 1.94. The lowest BCUT2D eigenvalue weighted by Gasteiger charge is -2.23. The predicted octanol–water partition coefficient (Wildman–Crippen LogP) is 0.000800. The van der Waals surface area contributed by atoms with Gasteiger partial charge in [-0.25, -0.2) is 22.0 Å². The van der Waals surface area contributed by atoms with Crippen molar-refractivity contribution in [2.24, 2.45) is 5.14 Å². The lowest BCUT2D eigenvalue weighted by atomic mass is 10.1. The second-order valence-electron chi connectivity index (χ2n) is 5.02. The highest BCUT2D eigenvalue weighted by Crippen LogP contribution is 2.13. The smallest absolute Gasteiger partial charge is 0.238 e. The fraction of sp³-hybridized carbons (Fsp3) is 0.500. The van der Waals surface area contributed by atoms with Gasteiger partial charge in [0, 0.05) is 12.6 Å². The molecule has 0 bridgehead atoms. The number of nitrogens with one attached hydrogen (secondary N) is 1. The van der Waals surface area contributed by atoms with Crippen molar-refractivity contribution < 1.29 is 16.8 Å². The number of sulfone groups is 1. The van der Waals surface area contributed by atoms with Crippen molar-refractivity contribution in [3.05, 3.63) is 29.8 Å². The molecule has 1 unspecified atom stereocenters. The summed E-state index contributed by atoms with van der Waals surface area (Å²) in [6.45, 7) is 0.505. The molecule has 0 aliphatic carbocycles. The van der Waals surface area contributed by atoms with Crippen molar-refractivity contribution >= 4 is 19.9 Å². The van der Waals surface area contributed by atoms with Crippen molar-refractivity contribution in [3.8, 4) is 0 Å². The van der Waals surface area contributed by atoms with E-state index in [1.165, 1.54) is 12.1 Å². The van der Waals surface area contributed by atoms with Crippen molar-refractivity contribution in [1.29, 1.82) is 0 Å². The Morgan fingerprint density at radius 3 is 2.45 bits per heavy atom. The van der Waals surface area contributed by atoms with E-state index in [2.05, 4.69) is 5.32 Å². The summed E-state index contributed by atoms with van der Waals surface area (Å²) in [6, 6.07) is 6.20. The zero-order valence-corrected chi connectivity index (χ0v) is 12.6. The molecule has 0 amide bonds. The van der Waals surface area contributed by atoms with Crippen LogP contribution < -0.4 is 10.5 Å². The summed E-state index contributed by atoms with van der Waals surface area (Å²) in [5.74, 6) is 0.441. The Morgan fingerprint density at radius 2 is 1.90 bits per heavy atom. The molecule has 2 rings (SSSR count). The second kappa shape index (κ2) is 5.80. The van der Waals surface area contributed by atoms with Crippen LogP contribution in [0.25, 0.3) is 0 Å². The van der Waals surface area contributed by atoms with Crippen LogP contribution in [0, 0.1) is 0 Å². The first-order valence-corrected chi connectivity index (χ1v) is 9.69. The summed E-state index contributed by atoms with van der Waals surface area (Å²) < 4.78 is 45.2. The van der Waals surface area contributed by atoms with Crippen LogP contribution in [-0.2, 0) is 26.4 Å². The van der Waals surface area contributed by atoms with Crippen molar-refractivity contribution in [2.75, 3.05) is 11.5 Å². The molecule has 1 heterocycles. The fourth-order valence-electron chi connectivity index (χ4n) is 2.24. The van der Waals surface area contributed by atoms with Gasteiger partial charge in [0.15, 0.2) is 9.84 Å². The average molecular weight is 318 g/mol. The van der Waals surface area contributed by atoms with Gasteiger partial charge >= 0.3 is 0 Å². The quantitative estimate of drug-likeness (QED) is 0.813. The summed E-state index contributed by atoms with van der Waals surface area (Å²) in [6.07, 6.45) is 1.53. The van der Waals surface area contributed by atoms with E-state index in [1.807, 2.05) is 0 Å². The van der Waals surface area contributed by atoms with Crippen LogP contribution in [0.5, 0.6) is 0 Å². The normalized spacial score (nSPS) is 22.6. The molecule has 112 valence electrons. The number of rotatable bonds is 4. The van der Waals surface area contributed by atoms with E-state index in [0.717, 1.165) is 12.0 Å². The van der Waals surface area contributed by atoms with Crippen molar-refractivity contribution in [1.82, 2.24) is 5.32 Å². The van der Waals surface area contributed by atoms with Gasteiger partial charge in [-0.3, -0.25) is 0 Å². The SMILES string of the molecule is NS(=O)(=O)c1ccc(CNC2CCCS(=O)(=O)C2)cc1. The summed E-state index contributed by atoms with van der Waals surface area (Å²) in [5, 5.41) is 8.21. The van der Waals surface area contributed by atoms with Crippen LogP contribution in [0.15, 0.2) is 29.2 Å². The van der Waals surface area contributed by atoms with Gasteiger partial charge in [-0.05, 0) is 30.5 Å². The zero-order valence-electron chi connectivity index (χ0n) is 10.9. The minimum absolute atomic E-state index is 0.0355. The standard InChI is InChI=1S/C12H18N2O4S2/c13-20(17,18)12-5-3-10(4-6-12)8-14-11-2-1-7-19(15,16)9-11/h3-6,11,14H,1-2,7-9H2,(H2,13,17,18). The third-order valence-corrected chi connectivity index (χ3v) is 6.06. The molecule has 8 heteroatoms. The molecule has 1 aliphatic heterocycles. The predicted molar refractivity (Wildman–Crippen MR) is 76.3 cm³/mol. The molecule has 1 saturated heterocycles. The van der Waals surface area contributed by atoms with Crippen LogP contribution in [0.1, 0.15) is 18.4 Å². The van der Waals surface area contributed by atoms with E-state index in [0.29, 0.717) is 13.0 Å². The van der Waals surface area contributed by atoms with E-state index < -0.39 is 19.9 Å². The Morgan fingerprint density at radius 1 is 1.25 bits per heavy atom. The van der Waals surface area contributed by atoms with Gasteiger partial charge in [0.05, 0.1) is 16.4 Å². The first kappa shape index (κ1) is 15.4. The van der Waals surface area contributed by atoms with Crippen LogP contribution in [-0.4, -0.2) is 34.4 Å². The molecule has 0 saturated carbocycles. The number of benzene rings is 1. The number of hydrogen-bond acceptors (Lipinski definition) is 5. The molecule has 1 aromatic carbocycles. The molecule has 1 aromatic rings. The summed E-state index contributed by atoms with van der Waals surface area (Å²) in [5.41, 5.74) is 0.889. The zero-order chi connectivity index (χ0) is 14.8. The monoisotopic (exact) mass is 318 g/mol. The van der Waals surface area contributed by atoms with Gasteiger partial charge in [0.2, 0.25) is 10.0 Å². The summed E-state index contributed by atoms with van der Waals surface area (Å²) >= 11 is 0. The molecule has 1 atom stereocenters. The van der Waals surface area contributed by atoms with Gasteiger partial charge < -0.3 is 5.32 Å². The number of sulfonamides is 1. The number of primary sulfonamides is 1. The lowest BCUT2D eigenvalue weighted by Crippen LogP contribution is -2.39. The first-order chi connectivity index (χ1) is 9.26. The van der Waals surface area contributed by atoms with E-state index in [-0.39, 0.29) is 22.4 Å². The first-order valence-electron chi connectivity index (χ1n) is 6.32. The molecular formula is C12H18N2O4S2. The molecule has 20 heavy (non-hydrogen) atoms. The summed E-state index contributed by atoms with van der Waals surface area (Å²) in [4.78, 5) is 0.0708. The number of hydrogen-bond donors (Lipinski definition) is 2. The molecule has 1 aliphatic rings. The Labute approximate surface area is 119 Å². The fourth-order valence-corrected chi connectivity index (χ4v) is 4.43. The maximum atomic E-state index is 11.5. The molecule has 1 fully saturated rings. The van der Waals surface area contributed by atoms with Crippen LogP contribution >= 0.6 is 0 Å². The Hall–Kier alpha value is -0.960. The van der Waals surface area contributed by atoms with Crippen LogP contribution in [0.2, 0.25) is 0 Å². The molecule has 0 radical (unpaired) electrons. The Bertz CT molecular complexity index is 666. The molecule has 6 nitrogen and oxygen atoms in total. The van der Waals surface area contributed by atoms with Gasteiger partial charge in [0.1, 0.15) is 0 Å². The third-order valence-electron chi connectivity index (χ3n) is 3.31. The van der Waals surface area contributed by atoms with E-state index in [4.69, 9.17) is 5.14 Å². The Kier molecular flexibility index (Phi) is 4.48. The molecular weight excluding hydrogens is 300 g/mol. The third kappa shape index (κ3) is 4.27. The van der Waals surface area contributed by atoms with Crippen molar-refractivity contribution in [3.63, 3.8) is 0 Å². The maximum absolute atomic E-state index is 11.5. The number of nitrogens with two attached hydrogens (primary N) is 1. The highest BCUT2D eigenvalue weighted by atomic mass is 32.2. The highest BCUT2D eigenvalue weighted by Gasteiger charge is 2.24.